The van der Waals surface area contributed by atoms with E-state index in [4.69, 9.17) is 4.74 Å². The summed E-state index contributed by atoms with van der Waals surface area (Å²) in [4.78, 5) is 6.67. The lowest BCUT2D eigenvalue weighted by Gasteiger charge is -2.36. The zero-order valence-corrected chi connectivity index (χ0v) is 15.3. The van der Waals surface area contributed by atoms with Gasteiger partial charge in [-0.25, -0.2) is 18.1 Å². The number of nitrogens with one attached hydrogen (secondary N) is 1. The van der Waals surface area contributed by atoms with E-state index in [0.29, 0.717) is 4.21 Å². The molecular weight excluding hydrogens is 346 g/mol. The highest BCUT2D eigenvalue weighted by Crippen LogP contribution is 2.19. The summed E-state index contributed by atoms with van der Waals surface area (Å²) in [5, 5.41) is 1.75. The van der Waals surface area contributed by atoms with Gasteiger partial charge in [0.25, 0.3) is 0 Å². The summed E-state index contributed by atoms with van der Waals surface area (Å²) in [6.07, 6.45) is 2.07. The van der Waals surface area contributed by atoms with Crippen LogP contribution in [-0.4, -0.2) is 38.7 Å². The minimum absolute atomic E-state index is 0.174. The van der Waals surface area contributed by atoms with Crippen LogP contribution in [0.15, 0.2) is 40.1 Å². The zero-order chi connectivity index (χ0) is 17.2. The summed E-state index contributed by atoms with van der Waals surface area (Å²) < 4.78 is 32.9. The molecule has 0 radical (unpaired) electrons. The molecule has 6 nitrogen and oxygen atoms in total. The fourth-order valence-corrected chi connectivity index (χ4v) is 4.79. The molecule has 2 atom stereocenters. The lowest BCUT2D eigenvalue weighted by molar-refractivity contribution is -0.00546. The molecule has 0 bridgehead atoms. The van der Waals surface area contributed by atoms with Gasteiger partial charge in [0.15, 0.2) is 0 Å². The predicted octanol–water partition coefficient (Wildman–Crippen LogP) is 2.24. The normalized spacial score (nSPS) is 21.8. The summed E-state index contributed by atoms with van der Waals surface area (Å²) in [5.74, 6) is 0.891. The predicted molar refractivity (Wildman–Crippen MR) is 94.8 cm³/mol. The Kier molecular flexibility index (Phi) is 5.19. The van der Waals surface area contributed by atoms with Gasteiger partial charge in [0.2, 0.25) is 10.0 Å². The van der Waals surface area contributed by atoms with Crippen molar-refractivity contribution in [3.8, 4) is 0 Å². The van der Waals surface area contributed by atoms with Crippen LogP contribution in [0.1, 0.15) is 19.4 Å². The fourth-order valence-electron chi connectivity index (χ4n) is 2.74. The van der Waals surface area contributed by atoms with Crippen LogP contribution in [-0.2, 0) is 21.3 Å². The van der Waals surface area contributed by atoms with Crippen molar-refractivity contribution < 1.29 is 13.2 Å². The van der Waals surface area contributed by atoms with Crippen LogP contribution in [0.3, 0.4) is 0 Å². The van der Waals surface area contributed by atoms with Crippen molar-refractivity contribution in [3.05, 3.63) is 41.4 Å². The number of nitrogens with zero attached hydrogens (tertiary/aromatic N) is 2. The molecule has 1 aliphatic rings. The van der Waals surface area contributed by atoms with E-state index < -0.39 is 10.0 Å². The molecule has 0 amide bonds. The molecule has 1 aliphatic heterocycles. The highest BCUT2D eigenvalue weighted by Gasteiger charge is 2.23. The fraction of sp³-hybridized carbons (Fsp3) is 0.438. The Balaban J connectivity index is 1.63. The van der Waals surface area contributed by atoms with Crippen LogP contribution in [0, 0.1) is 0 Å². The lowest BCUT2D eigenvalue weighted by atomic mass is 10.2. The highest BCUT2D eigenvalue weighted by molar-refractivity contribution is 7.91. The van der Waals surface area contributed by atoms with E-state index in [-0.39, 0.29) is 18.8 Å². The minimum Gasteiger partial charge on any atom is -0.372 e. The first kappa shape index (κ1) is 17.3. The van der Waals surface area contributed by atoms with Crippen LogP contribution < -0.4 is 9.62 Å². The zero-order valence-electron chi connectivity index (χ0n) is 13.7. The van der Waals surface area contributed by atoms with Crippen LogP contribution in [0.2, 0.25) is 0 Å². The number of ether oxygens (including phenoxy) is 1. The monoisotopic (exact) mass is 367 g/mol. The summed E-state index contributed by atoms with van der Waals surface area (Å²) >= 11 is 1.20. The van der Waals surface area contributed by atoms with Crippen LogP contribution >= 0.6 is 11.3 Å². The SMILES string of the molecule is CC1CN(c2ccc(CNS(=O)(=O)c3cccs3)cn2)CC(C)O1. The first-order valence-electron chi connectivity index (χ1n) is 7.82. The van der Waals surface area contributed by atoms with Gasteiger partial charge in [-0.2, -0.15) is 0 Å². The lowest BCUT2D eigenvalue weighted by Crippen LogP contribution is -2.45. The average molecular weight is 367 g/mol. The Morgan fingerprint density at radius 3 is 2.62 bits per heavy atom. The second kappa shape index (κ2) is 7.18. The van der Waals surface area contributed by atoms with E-state index in [1.54, 1.807) is 23.7 Å². The third-order valence-electron chi connectivity index (χ3n) is 3.78. The molecule has 3 rings (SSSR count). The van der Waals surface area contributed by atoms with E-state index in [1.165, 1.54) is 11.3 Å². The molecule has 2 aromatic heterocycles. The second-order valence-electron chi connectivity index (χ2n) is 5.94. The standard InChI is InChI=1S/C16H21N3O3S2/c1-12-10-19(11-13(2)22-12)15-6-5-14(8-17-15)9-18-24(20,21)16-4-3-7-23-16/h3-8,12-13,18H,9-11H2,1-2H3. The molecule has 8 heteroatoms. The average Bonchev–Trinajstić information content (AvgIpc) is 3.08. The van der Waals surface area contributed by atoms with Gasteiger partial charge in [-0.05, 0) is 36.9 Å². The smallest absolute Gasteiger partial charge is 0.250 e. The maximum absolute atomic E-state index is 12.1. The largest absolute Gasteiger partial charge is 0.372 e. The molecule has 24 heavy (non-hydrogen) atoms. The number of morpholine rings is 1. The quantitative estimate of drug-likeness (QED) is 0.877. The minimum atomic E-state index is -3.45. The van der Waals surface area contributed by atoms with Crippen molar-refractivity contribution in [2.24, 2.45) is 0 Å². The molecule has 2 aromatic rings. The summed E-state index contributed by atoms with van der Waals surface area (Å²) in [6.45, 7) is 5.94. The maximum atomic E-state index is 12.1. The van der Waals surface area contributed by atoms with Crippen molar-refractivity contribution in [1.29, 1.82) is 0 Å². The van der Waals surface area contributed by atoms with Crippen LogP contribution in [0.4, 0.5) is 5.82 Å². The number of rotatable bonds is 5. The van der Waals surface area contributed by atoms with Crippen molar-refractivity contribution in [2.45, 2.75) is 36.8 Å². The van der Waals surface area contributed by atoms with Crippen molar-refractivity contribution in [3.63, 3.8) is 0 Å². The molecule has 0 saturated carbocycles. The maximum Gasteiger partial charge on any atom is 0.250 e. The van der Waals surface area contributed by atoms with Gasteiger partial charge in [-0.15, -0.1) is 11.3 Å². The molecule has 130 valence electrons. The van der Waals surface area contributed by atoms with Gasteiger partial charge >= 0.3 is 0 Å². The van der Waals surface area contributed by atoms with Gasteiger partial charge in [-0.1, -0.05) is 12.1 Å². The van der Waals surface area contributed by atoms with E-state index in [0.717, 1.165) is 24.5 Å². The number of pyridine rings is 1. The number of anilines is 1. The van der Waals surface area contributed by atoms with Crippen LogP contribution in [0.25, 0.3) is 0 Å². The highest BCUT2D eigenvalue weighted by atomic mass is 32.2. The summed E-state index contributed by atoms with van der Waals surface area (Å²) in [5.41, 5.74) is 0.827. The number of thiophene rings is 1. The van der Waals surface area contributed by atoms with Crippen molar-refractivity contribution in [1.82, 2.24) is 9.71 Å². The molecule has 3 heterocycles. The summed E-state index contributed by atoms with van der Waals surface area (Å²) in [6, 6.07) is 7.15. The van der Waals surface area contributed by atoms with Crippen molar-refractivity contribution >= 4 is 27.2 Å². The number of hydrogen-bond donors (Lipinski definition) is 1. The summed E-state index contributed by atoms with van der Waals surface area (Å²) in [7, 11) is -3.45. The molecule has 0 aromatic carbocycles. The van der Waals surface area contributed by atoms with E-state index in [9.17, 15) is 8.42 Å². The molecule has 2 unspecified atom stereocenters. The van der Waals surface area contributed by atoms with Crippen LogP contribution in [0.5, 0.6) is 0 Å². The topological polar surface area (TPSA) is 71.5 Å². The molecule has 1 N–H and O–H groups in total. The van der Waals surface area contributed by atoms with E-state index >= 15 is 0 Å². The Morgan fingerprint density at radius 1 is 1.29 bits per heavy atom. The number of hydrogen-bond acceptors (Lipinski definition) is 6. The van der Waals surface area contributed by atoms with E-state index in [1.807, 2.05) is 12.1 Å². The van der Waals surface area contributed by atoms with Gasteiger partial charge < -0.3 is 9.64 Å². The Morgan fingerprint density at radius 2 is 2.04 bits per heavy atom. The van der Waals surface area contributed by atoms with E-state index in [2.05, 4.69) is 28.5 Å². The molecule has 0 aliphatic carbocycles. The number of sulfonamides is 1. The first-order valence-corrected chi connectivity index (χ1v) is 10.2. The third kappa shape index (κ3) is 4.13. The molecular formula is C16H21N3O3S2. The van der Waals surface area contributed by atoms with Gasteiger partial charge in [-0.3, -0.25) is 0 Å². The Hall–Kier alpha value is -1.48. The molecule has 1 fully saturated rings. The van der Waals surface area contributed by atoms with Gasteiger partial charge in [0, 0.05) is 25.8 Å². The first-order chi connectivity index (χ1) is 11.4. The number of aromatic nitrogens is 1. The third-order valence-corrected chi connectivity index (χ3v) is 6.58. The molecule has 0 spiro atoms. The van der Waals surface area contributed by atoms with Gasteiger partial charge in [0.05, 0.1) is 12.2 Å². The van der Waals surface area contributed by atoms with Gasteiger partial charge in [0.1, 0.15) is 10.0 Å². The molecule has 1 saturated heterocycles. The Bertz CT molecular complexity index is 750. The Labute approximate surface area is 146 Å². The van der Waals surface area contributed by atoms with Crippen molar-refractivity contribution in [2.75, 3.05) is 18.0 Å². The second-order valence-corrected chi connectivity index (χ2v) is 8.89.